The van der Waals surface area contributed by atoms with Gasteiger partial charge in [0.15, 0.2) is 0 Å². The number of para-hydroxylation sites is 2. The molecule has 0 aliphatic rings. The lowest BCUT2D eigenvalue weighted by Crippen LogP contribution is -1.97. The highest BCUT2D eigenvalue weighted by molar-refractivity contribution is 5.94. The summed E-state index contributed by atoms with van der Waals surface area (Å²) in [5.41, 5.74) is 6.60. The zero-order valence-corrected chi connectivity index (χ0v) is 13.4. The zero-order chi connectivity index (χ0) is 16.6. The van der Waals surface area contributed by atoms with Gasteiger partial charge < -0.3 is 0 Å². The predicted molar refractivity (Wildman–Crippen MR) is 99.2 cm³/mol. The first-order valence-corrected chi connectivity index (χ1v) is 8.17. The summed E-state index contributed by atoms with van der Waals surface area (Å²) in [5, 5.41) is 8.91. The predicted octanol–water partition coefficient (Wildman–Crippen LogP) is 4.61. The van der Waals surface area contributed by atoms with Crippen LogP contribution in [0.2, 0.25) is 0 Å². The minimum absolute atomic E-state index is 0.845. The standard InChI is InChI=1S/C21H14N4/c1-3-9-15(10-4-1)19-21-20(16-11-5-2-6-12-16)23-24-25(21)18-14-8-7-13-17(18)22-19/h1-14H. The van der Waals surface area contributed by atoms with Gasteiger partial charge in [-0.2, -0.15) is 0 Å². The van der Waals surface area contributed by atoms with Crippen molar-refractivity contribution in [2.45, 2.75) is 0 Å². The van der Waals surface area contributed by atoms with Crippen LogP contribution in [0.3, 0.4) is 0 Å². The van der Waals surface area contributed by atoms with Gasteiger partial charge in [0.05, 0.1) is 16.7 Å². The lowest BCUT2D eigenvalue weighted by Gasteiger charge is -2.08. The van der Waals surface area contributed by atoms with Crippen molar-refractivity contribution in [1.82, 2.24) is 19.8 Å². The van der Waals surface area contributed by atoms with E-state index in [0.29, 0.717) is 0 Å². The number of fused-ring (bicyclic) bond motifs is 3. The summed E-state index contributed by atoms with van der Waals surface area (Å²) >= 11 is 0. The first-order valence-electron chi connectivity index (χ1n) is 8.17. The van der Waals surface area contributed by atoms with Crippen LogP contribution in [0.15, 0.2) is 84.9 Å². The van der Waals surface area contributed by atoms with Crippen molar-refractivity contribution >= 4 is 16.6 Å². The van der Waals surface area contributed by atoms with Crippen molar-refractivity contribution in [3.05, 3.63) is 84.9 Å². The largest absolute Gasteiger partial charge is 0.244 e. The van der Waals surface area contributed by atoms with E-state index in [1.165, 1.54) is 0 Å². The van der Waals surface area contributed by atoms with Gasteiger partial charge >= 0.3 is 0 Å². The molecule has 0 aliphatic heterocycles. The van der Waals surface area contributed by atoms with Crippen LogP contribution in [-0.4, -0.2) is 19.8 Å². The third kappa shape index (κ3) is 2.19. The molecule has 118 valence electrons. The molecule has 0 bridgehead atoms. The molecule has 0 saturated heterocycles. The molecule has 4 nitrogen and oxygen atoms in total. The van der Waals surface area contributed by atoms with Gasteiger partial charge in [0, 0.05) is 11.1 Å². The highest BCUT2D eigenvalue weighted by Gasteiger charge is 2.17. The Kier molecular flexibility index (Phi) is 3.07. The lowest BCUT2D eigenvalue weighted by molar-refractivity contribution is 0.881. The van der Waals surface area contributed by atoms with E-state index in [1.54, 1.807) is 0 Å². The van der Waals surface area contributed by atoms with E-state index in [4.69, 9.17) is 4.98 Å². The minimum Gasteiger partial charge on any atom is -0.244 e. The molecule has 0 spiro atoms. The summed E-state index contributed by atoms with van der Waals surface area (Å²) in [7, 11) is 0. The van der Waals surface area contributed by atoms with E-state index < -0.39 is 0 Å². The van der Waals surface area contributed by atoms with Crippen LogP contribution in [0.1, 0.15) is 0 Å². The molecule has 0 fully saturated rings. The monoisotopic (exact) mass is 322 g/mol. The van der Waals surface area contributed by atoms with E-state index >= 15 is 0 Å². The molecule has 5 aromatic rings. The first kappa shape index (κ1) is 13.9. The number of hydrogen-bond acceptors (Lipinski definition) is 3. The lowest BCUT2D eigenvalue weighted by atomic mass is 10.1. The highest BCUT2D eigenvalue weighted by Crippen LogP contribution is 2.32. The van der Waals surface area contributed by atoms with Gasteiger partial charge in [0.1, 0.15) is 11.2 Å². The Labute approximate surface area is 144 Å². The van der Waals surface area contributed by atoms with E-state index in [2.05, 4.69) is 22.4 Å². The molecular formula is C21H14N4. The summed E-state index contributed by atoms with van der Waals surface area (Å²) in [6.07, 6.45) is 0. The Balaban J connectivity index is 1.94. The highest BCUT2D eigenvalue weighted by atomic mass is 15.4. The second-order valence-electron chi connectivity index (χ2n) is 5.88. The number of aromatic nitrogens is 4. The van der Waals surface area contributed by atoms with E-state index in [-0.39, 0.29) is 0 Å². The second kappa shape index (κ2) is 5.53. The first-order chi connectivity index (χ1) is 12.4. The van der Waals surface area contributed by atoms with Gasteiger partial charge in [-0.25, -0.2) is 9.50 Å². The van der Waals surface area contributed by atoms with Crippen molar-refractivity contribution in [2.75, 3.05) is 0 Å². The average molecular weight is 322 g/mol. The normalized spacial score (nSPS) is 11.2. The van der Waals surface area contributed by atoms with Gasteiger partial charge in [-0.15, -0.1) is 5.10 Å². The fourth-order valence-corrected chi connectivity index (χ4v) is 3.16. The Morgan fingerprint density at radius 3 is 1.92 bits per heavy atom. The van der Waals surface area contributed by atoms with Gasteiger partial charge in [0.25, 0.3) is 0 Å². The molecule has 0 unspecified atom stereocenters. The average Bonchev–Trinajstić information content (AvgIpc) is 3.14. The Morgan fingerprint density at radius 1 is 0.600 bits per heavy atom. The summed E-state index contributed by atoms with van der Waals surface area (Å²) < 4.78 is 1.90. The molecule has 2 heterocycles. The number of nitrogens with zero attached hydrogens (tertiary/aromatic N) is 4. The molecule has 0 radical (unpaired) electrons. The molecule has 0 saturated carbocycles. The topological polar surface area (TPSA) is 43.1 Å². The van der Waals surface area contributed by atoms with E-state index in [0.717, 1.165) is 39.1 Å². The number of benzene rings is 3. The zero-order valence-electron chi connectivity index (χ0n) is 13.4. The second-order valence-corrected chi connectivity index (χ2v) is 5.88. The van der Waals surface area contributed by atoms with Crippen LogP contribution in [-0.2, 0) is 0 Å². The summed E-state index contributed by atoms with van der Waals surface area (Å²) in [6.45, 7) is 0. The molecule has 0 N–H and O–H groups in total. The third-order valence-electron chi connectivity index (χ3n) is 4.33. The van der Waals surface area contributed by atoms with Crippen LogP contribution < -0.4 is 0 Å². The van der Waals surface area contributed by atoms with Crippen molar-refractivity contribution < 1.29 is 0 Å². The SMILES string of the molecule is c1ccc(-c2nnn3c2c(-c2ccccc2)nc2ccccc23)cc1. The summed E-state index contributed by atoms with van der Waals surface area (Å²) in [5.74, 6) is 0. The van der Waals surface area contributed by atoms with E-state index in [1.807, 2.05) is 77.3 Å². The smallest absolute Gasteiger partial charge is 0.123 e. The van der Waals surface area contributed by atoms with Crippen molar-refractivity contribution in [1.29, 1.82) is 0 Å². The molecule has 5 rings (SSSR count). The molecule has 0 amide bonds. The molecule has 2 aromatic heterocycles. The Morgan fingerprint density at radius 2 is 1.20 bits per heavy atom. The van der Waals surface area contributed by atoms with E-state index in [9.17, 15) is 0 Å². The van der Waals surface area contributed by atoms with Crippen LogP contribution in [0.4, 0.5) is 0 Å². The van der Waals surface area contributed by atoms with Gasteiger partial charge in [-0.1, -0.05) is 78.0 Å². The van der Waals surface area contributed by atoms with Crippen LogP contribution in [0.5, 0.6) is 0 Å². The summed E-state index contributed by atoms with van der Waals surface area (Å²) in [6, 6.07) is 28.3. The van der Waals surface area contributed by atoms with Crippen molar-refractivity contribution in [3.63, 3.8) is 0 Å². The van der Waals surface area contributed by atoms with Crippen molar-refractivity contribution in [2.24, 2.45) is 0 Å². The minimum atomic E-state index is 0.845. The molecule has 4 heteroatoms. The maximum Gasteiger partial charge on any atom is 0.123 e. The Hall–Kier alpha value is -3.53. The molecular weight excluding hydrogens is 308 g/mol. The van der Waals surface area contributed by atoms with Crippen molar-refractivity contribution in [3.8, 4) is 22.5 Å². The number of rotatable bonds is 2. The quantitative estimate of drug-likeness (QED) is 0.476. The molecule has 0 aliphatic carbocycles. The van der Waals surface area contributed by atoms with Gasteiger partial charge in [-0.05, 0) is 12.1 Å². The fourth-order valence-electron chi connectivity index (χ4n) is 3.16. The molecule has 25 heavy (non-hydrogen) atoms. The fraction of sp³-hybridized carbons (Fsp3) is 0. The van der Waals surface area contributed by atoms with Crippen LogP contribution in [0.25, 0.3) is 39.1 Å². The van der Waals surface area contributed by atoms with Gasteiger partial charge in [-0.3, -0.25) is 0 Å². The maximum atomic E-state index is 4.93. The van der Waals surface area contributed by atoms with Crippen LogP contribution in [0, 0.1) is 0 Å². The van der Waals surface area contributed by atoms with Gasteiger partial charge in [0.2, 0.25) is 0 Å². The molecule has 3 aromatic carbocycles. The Bertz CT molecular complexity index is 1180. The summed E-state index contributed by atoms with van der Waals surface area (Å²) in [4.78, 5) is 4.93. The third-order valence-corrected chi connectivity index (χ3v) is 4.33. The van der Waals surface area contributed by atoms with Crippen LogP contribution >= 0.6 is 0 Å². The maximum absolute atomic E-state index is 4.93. The number of hydrogen-bond donors (Lipinski definition) is 0. The molecule has 0 atom stereocenters.